The summed E-state index contributed by atoms with van der Waals surface area (Å²) in [6.45, 7) is 7.04. The van der Waals surface area contributed by atoms with Crippen molar-refractivity contribution in [1.82, 2.24) is 10.2 Å². The summed E-state index contributed by atoms with van der Waals surface area (Å²) in [5, 5.41) is 3.10. The van der Waals surface area contributed by atoms with Gasteiger partial charge in [0.25, 0.3) is 10.0 Å². The first kappa shape index (κ1) is 32.9. The SMILES string of the molecule is COc1ccc(S(=O)(=O)N(CC(=O)N(Cc2ccccc2C)C(C)C(=O)NC2CCCC2)c2cc(C)cc(C)c2)cc1OC. The van der Waals surface area contributed by atoms with Crippen LogP contribution in [0.15, 0.2) is 65.6 Å². The number of nitrogens with one attached hydrogen (secondary N) is 1. The van der Waals surface area contributed by atoms with E-state index in [-0.39, 0.29) is 29.1 Å². The zero-order chi connectivity index (χ0) is 32.0. The lowest BCUT2D eigenvalue weighted by Gasteiger charge is -2.33. The quantitative estimate of drug-likeness (QED) is 0.294. The number of rotatable bonds is 12. The molecule has 0 spiro atoms. The largest absolute Gasteiger partial charge is 0.493 e. The molecule has 10 heteroatoms. The van der Waals surface area contributed by atoms with Crippen LogP contribution in [0.2, 0.25) is 0 Å². The van der Waals surface area contributed by atoms with E-state index in [4.69, 9.17) is 9.47 Å². The Hall–Kier alpha value is -4.05. The average Bonchev–Trinajstić information content (AvgIpc) is 3.51. The van der Waals surface area contributed by atoms with Gasteiger partial charge in [-0.15, -0.1) is 0 Å². The molecule has 9 nitrogen and oxygen atoms in total. The molecular weight excluding hydrogens is 578 g/mol. The number of hydrogen-bond acceptors (Lipinski definition) is 6. The minimum Gasteiger partial charge on any atom is -0.493 e. The summed E-state index contributed by atoms with van der Waals surface area (Å²) in [6.07, 6.45) is 3.94. The van der Waals surface area contributed by atoms with Gasteiger partial charge in [-0.1, -0.05) is 43.2 Å². The zero-order valence-electron chi connectivity index (χ0n) is 26.4. The molecule has 1 aliphatic carbocycles. The lowest BCUT2D eigenvalue weighted by atomic mass is 10.1. The van der Waals surface area contributed by atoms with Gasteiger partial charge in [-0.25, -0.2) is 8.42 Å². The van der Waals surface area contributed by atoms with E-state index in [2.05, 4.69) is 5.32 Å². The van der Waals surface area contributed by atoms with Gasteiger partial charge in [-0.05, 0) is 87.1 Å². The lowest BCUT2D eigenvalue weighted by molar-refractivity contribution is -0.139. The van der Waals surface area contributed by atoms with Crippen LogP contribution in [0, 0.1) is 20.8 Å². The highest BCUT2D eigenvalue weighted by Crippen LogP contribution is 2.33. The molecule has 1 unspecified atom stereocenters. The van der Waals surface area contributed by atoms with Crippen LogP contribution >= 0.6 is 0 Å². The maximum atomic E-state index is 14.3. The Labute approximate surface area is 261 Å². The molecule has 1 fully saturated rings. The predicted molar refractivity (Wildman–Crippen MR) is 172 cm³/mol. The Morgan fingerprint density at radius 1 is 0.909 bits per heavy atom. The molecule has 1 aliphatic rings. The molecule has 236 valence electrons. The third-order valence-electron chi connectivity index (χ3n) is 8.19. The molecule has 1 saturated carbocycles. The highest BCUT2D eigenvalue weighted by Gasteiger charge is 2.34. The Bertz CT molecular complexity index is 1580. The first-order chi connectivity index (χ1) is 20.9. The molecular formula is C34H43N3O6S. The van der Waals surface area contributed by atoms with Gasteiger partial charge in [0.1, 0.15) is 12.6 Å². The normalized spacial score (nSPS) is 14.1. The number of sulfonamides is 1. The van der Waals surface area contributed by atoms with E-state index in [1.165, 1.54) is 37.3 Å². The number of carbonyl (C=O) groups is 2. The Kier molecular flexibility index (Phi) is 10.6. The number of nitrogens with zero attached hydrogens (tertiary/aromatic N) is 2. The van der Waals surface area contributed by atoms with E-state index in [1.807, 2.05) is 51.1 Å². The molecule has 3 aromatic carbocycles. The fourth-order valence-corrected chi connectivity index (χ4v) is 7.09. The van der Waals surface area contributed by atoms with E-state index < -0.39 is 28.5 Å². The smallest absolute Gasteiger partial charge is 0.264 e. The molecule has 2 amide bonds. The van der Waals surface area contributed by atoms with Crippen molar-refractivity contribution in [2.45, 2.75) is 76.9 Å². The predicted octanol–water partition coefficient (Wildman–Crippen LogP) is 5.30. The fourth-order valence-electron chi connectivity index (χ4n) is 5.67. The van der Waals surface area contributed by atoms with Crippen LogP contribution in [0.5, 0.6) is 11.5 Å². The van der Waals surface area contributed by atoms with Crippen molar-refractivity contribution in [3.8, 4) is 11.5 Å². The van der Waals surface area contributed by atoms with Crippen molar-refractivity contribution >= 4 is 27.5 Å². The second-order valence-corrected chi connectivity index (χ2v) is 13.4. The average molecular weight is 622 g/mol. The molecule has 0 aromatic heterocycles. The van der Waals surface area contributed by atoms with Crippen LogP contribution < -0.4 is 19.1 Å². The van der Waals surface area contributed by atoms with Crippen molar-refractivity contribution in [2.75, 3.05) is 25.1 Å². The van der Waals surface area contributed by atoms with Crippen molar-refractivity contribution in [3.63, 3.8) is 0 Å². The number of carbonyl (C=O) groups excluding carboxylic acids is 2. The summed E-state index contributed by atoms with van der Waals surface area (Å²) in [6, 6.07) is 16.7. The fraction of sp³-hybridized carbons (Fsp3) is 0.412. The summed E-state index contributed by atoms with van der Waals surface area (Å²) in [5.74, 6) is -0.115. The van der Waals surface area contributed by atoms with E-state index in [9.17, 15) is 18.0 Å². The summed E-state index contributed by atoms with van der Waals surface area (Å²) in [7, 11) is -1.37. The van der Waals surface area contributed by atoms with E-state index in [0.717, 1.165) is 52.2 Å². The summed E-state index contributed by atoms with van der Waals surface area (Å²) >= 11 is 0. The van der Waals surface area contributed by atoms with E-state index >= 15 is 0 Å². The molecule has 0 radical (unpaired) electrons. The van der Waals surface area contributed by atoms with Crippen LogP contribution in [-0.4, -0.2) is 58.0 Å². The Morgan fingerprint density at radius 3 is 2.16 bits per heavy atom. The number of benzene rings is 3. The van der Waals surface area contributed by atoms with Crippen LogP contribution in [0.25, 0.3) is 0 Å². The van der Waals surface area contributed by atoms with Gasteiger partial charge in [0.15, 0.2) is 11.5 Å². The van der Waals surface area contributed by atoms with Gasteiger partial charge in [-0.3, -0.25) is 13.9 Å². The van der Waals surface area contributed by atoms with Crippen LogP contribution in [-0.2, 0) is 26.2 Å². The number of aryl methyl sites for hydroxylation is 3. The van der Waals surface area contributed by atoms with Crippen molar-refractivity contribution in [1.29, 1.82) is 0 Å². The first-order valence-corrected chi connectivity index (χ1v) is 16.4. The second kappa shape index (κ2) is 14.2. The number of amides is 2. The zero-order valence-corrected chi connectivity index (χ0v) is 27.2. The van der Waals surface area contributed by atoms with Gasteiger partial charge < -0.3 is 19.7 Å². The third-order valence-corrected chi connectivity index (χ3v) is 9.96. The molecule has 3 aromatic rings. The molecule has 1 atom stereocenters. The van der Waals surface area contributed by atoms with Crippen LogP contribution in [0.3, 0.4) is 0 Å². The maximum absolute atomic E-state index is 14.3. The minimum atomic E-state index is -4.27. The molecule has 0 aliphatic heterocycles. The van der Waals surface area contributed by atoms with Gasteiger partial charge in [0.2, 0.25) is 11.8 Å². The lowest BCUT2D eigenvalue weighted by Crippen LogP contribution is -2.52. The molecule has 0 saturated heterocycles. The highest BCUT2D eigenvalue weighted by molar-refractivity contribution is 7.92. The van der Waals surface area contributed by atoms with Gasteiger partial charge in [0.05, 0.1) is 24.8 Å². The monoisotopic (exact) mass is 621 g/mol. The van der Waals surface area contributed by atoms with Gasteiger partial charge >= 0.3 is 0 Å². The molecule has 1 N–H and O–H groups in total. The Balaban J connectivity index is 1.75. The Morgan fingerprint density at radius 2 is 1.55 bits per heavy atom. The number of methoxy groups -OCH3 is 2. The second-order valence-electron chi connectivity index (χ2n) is 11.5. The molecule has 0 bridgehead atoms. The third kappa shape index (κ3) is 7.53. The van der Waals surface area contributed by atoms with E-state index in [1.54, 1.807) is 19.1 Å². The van der Waals surface area contributed by atoms with Crippen molar-refractivity contribution < 1.29 is 27.5 Å². The topological polar surface area (TPSA) is 105 Å². The number of hydrogen-bond donors (Lipinski definition) is 1. The minimum absolute atomic E-state index is 0.0559. The maximum Gasteiger partial charge on any atom is 0.264 e. The van der Waals surface area contributed by atoms with E-state index in [0.29, 0.717) is 11.4 Å². The van der Waals surface area contributed by atoms with Crippen LogP contribution in [0.1, 0.15) is 54.9 Å². The first-order valence-electron chi connectivity index (χ1n) is 14.9. The molecule has 0 heterocycles. The summed E-state index contributed by atoms with van der Waals surface area (Å²) in [5.41, 5.74) is 3.89. The number of ether oxygens (including phenoxy) is 2. The van der Waals surface area contributed by atoms with Crippen LogP contribution in [0.4, 0.5) is 5.69 Å². The summed E-state index contributed by atoms with van der Waals surface area (Å²) < 4.78 is 40.4. The van der Waals surface area contributed by atoms with Gasteiger partial charge in [0, 0.05) is 18.7 Å². The molecule has 44 heavy (non-hydrogen) atoms. The van der Waals surface area contributed by atoms with Crippen molar-refractivity contribution in [3.05, 3.63) is 82.9 Å². The van der Waals surface area contributed by atoms with Crippen molar-refractivity contribution in [2.24, 2.45) is 0 Å². The van der Waals surface area contributed by atoms with Gasteiger partial charge in [-0.2, -0.15) is 0 Å². The number of anilines is 1. The standard InChI is InChI=1S/C34H43N3O6S/c1-23-17-24(2)19-29(18-23)37(44(40,41)30-15-16-31(42-5)32(20-30)43-6)22-33(38)36(21-27-12-8-7-11-25(27)3)26(4)34(39)35-28-13-9-10-14-28/h7-8,11-12,15-20,26,28H,9-10,13-14,21-22H2,1-6H3,(H,35,39). The summed E-state index contributed by atoms with van der Waals surface area (Å²) in [4.78, 5) is 29.2. The molecule has 4 rings (SSSR count). The highest BCUT2D eigenvalue weighted by atomic mass is 32.2.